The summed E-state index contributed by atoms with van der Waals surface area (Å²) in [5.74, 6) is 0.747. The van der Waals surface area contributed by atoms with Crippen LogP contribution in [0.1, 0.15) is 25.7 Å². The fraction of sp³-hybridized carbons (Fsp3) is 0.885. The molecule has 1 aliphatic heterocycles. The van der Waals surface area contributed by atoms with E-state index in [-0.39, 0.29) is 43.8 Å². The van der Waals surface area contributed by atoms with Gasteiger partial charge < -0.3 is 20.6 Å². The molecule has 1 fully saturated rings. The minimum atomic E-state index is -0.933. The summed E-state index contributed by atoms with van der Waals surface area (Å²) in [6.07, 6.45) is 11.3. The van der Waals surface area contributed by atoms with Gasteiger partial charge in [0.2, 0.25) is 0 Å². The molecule has 0 aromatic rings. The first-order chi connectivity index (χ1) is 19.1. The van der Waals surface area contributed by atoms with Crippen molar-refractivity contribution >= 4 is 65.0 Å². The molecule has 0 aromatic heterocycles. The largest absolute Gasteiger partial charge is 0.480 e. The highest BCUT2D eigenvalue weighted by Crippen LogP contribution is 2.20. The number of carboxylic acids is 3. The minimum absolute atomic E-state index is 0.0340. The molecule has 40 heavy (non-hydrogen) atoms. The van der Waals surface area contributed by atoms with Gasteiger partial charge in [0, 0.05) is 50.3 Å². The zero-order chi connectivity index (χ0) is 29.9. The van der Waals surface area contributed by atoms with Crippen LogP contribution < -0.4 is 5.32 Å². The van der Waals surface area contributed by atoms with Gasteiger partial charge in [-0.2, -0.15) is 47.0 Å². The van der Waals surface area contributed by atoms with Crippen LogP contribution >= 0.6 is 47.0 Å². The van der Waals surface area contributed by atoms with Gasteiger partial charge in [-0.05, 0) is 73.7 Å². The van der Waals surface area contributed by atoms with E-state index in [0.29, 0.717) is 26.2 Å². The lowest BCUT2D eigenvalue weighted by atomic mass is 10.0. The third-order valence-electron chi connectivity index (χ3n) is 7.19. The van der Waals surface area contributed by atoms with E-state index in [1.807, 2.05) is 33.5 Å². The highest BCUT2D eigenvalue weighted by atomic mass is 32.2. The molecule has 1 heterocycles. The van der Waals surface area contributed by atoms with Gasteiger partial charge in [0.1, 0.15) is 0 Å². The molecule has 0 spiro atoms. The topological polar surface area (TPSA) is 134 Å². The Morgan fingerprint density at radius 2 is 0.950 bits per heavy atom. The number of nitrogens with one attached hydrogen (secondary N) is 1. The van der Waals surface area contributed by atoms with Crippen molar-refractivity contribution in [2.45, 2.75) is 49.9 Å². The van der Waals surface area contributed by atoms with Crippen molar-refractivity contribution in [3.8, 4) is 0 Å². The van der Waals surface area contributed by atoms with E-state index < -0.39 is 17.9 Å². The maximum absolute atomic E-state index is 12.1. The molecule has 0 bridgehead atoms. The number of hydrogen-bond donors (Lipinski definition) is 4. The average molecular weight is 643 g/mol. The highest BCUT2D eigenvalue weighted by molar-refractivity contribution is 7.99. The standard InChI is InChI=1S/C26H50N4O6S4/c1-37-9-5-20-14-28(17-24(31)32)22(7-11-39-3)16-30(19-26(35)36)23(8-12-40-4)15-29(18-25(33)34)21(13-27-20)6-10-38-2/h20-23,27H,5-19H2,1-4H3,(H,31,32)(H,33,34)(H,35,36)/t20-,21-,22-,23-/m0/s1. The fourth-order valence-electron chi connectivity index (χ4n) is 5.15. The van der Waals surface area contributed by atoms with Crippen LogP contribution in [0, 0.1) is 0 Å². The summed E-state index contributed by atoms with van der Waals surface area (Å²) in [7, 11) is 0. The van der Waals surface area contributed by atoms with Gasteiger partial charge >= 0.3 is 17.9 Å². The van der Waals surface area contributed by atoms with Gasteiger partial charge in [-0.15, -0.1) is 0 Å². The Bertz CT molecular complexity index is 727. The van der Waals surface area contributed by atoms with E-state index >= 15 is 0 Å². The van der Waals surface area contributed by atoms with Crippen LogP contribution in [0.4, 0.5) is 0 Å². The molecule has 10 nitrogen and oxygen atoms in total. The molecule has 234 valence electrons. The Balaban J connectivity index is 3.62. The van der Waals surface area contributed by atoms with Gasteiger partial charge in [0.05, 0.1) is 19.6 Å². The Morgan fingerprint density at radius 3 is 1.35 bits per heavy atom. The van der Waals surface area contributed by atoms with Crippen LogP contribution in [0.5, 0.6) is 0 Å². The van der Waals surface area contributed by atoms with Crippen LogP contribution in [-0.4, -0.2) is 166 Å². The number of carboxylic acid groups (broad SMARTS) is 3. The van der Waals surface area contributed by atoms with Crippen LogP contribution in [0.3, 0.4) is 0 Å². The van der Waals surface area contributed by atoms with E-state index in [0.717, 1.165) is 48.7 Å². The van der Waals surface area contributed by atoms with Crippen LogP contribution in [0.25, 0.3) is 0 Å². The summed E-state index contributed by atoms with van der Waals surface area (Å²) < 4.78 is 0. The Kier molecular flexibility index (Phi) is 20.9. The van der Waals surface area contributed by atoms with Crippen molar-refractivity contribution in [1.82, 2.24) is 20.0 Å². The summed E-state index contributed by atoms with van der Waals surface area (Å²) in [4.78, 5) is 42.2. The lowest BCUT2D eigenvalue weighted by Crippen LogP contribution is -2.59. The minimum Gasteiger partial charge on any atom is -0.480 e. The van der Waals surface area contributed by atoms with Gasteiger partial charge in [-0.25, -0.2) is 0 Å². The van der Waals surface area contributed by atoms with Crippen molar-refractivity contribution in [3.63, 3.8) is 0 Å². The lowest BCUT2D eigenvalue weighted by molar-refractivity contribution is -0.142. The third-order valence-corrected chi connectivity index (χ3v) is 9.76. The van der Waals surface area contributed by atoms with Crippen LogP contribution in [0.15, 0.2) is 0 Å². The number of nitrogens with zero attached hydrogens (tertiary/aromatic N) is 3. The SMILES string of the molecule is CSCC[C@H]1CN(CC(=O)O)[C@@H](CCSC)CN(CC(=O)O)[C@@H](CCSC)CN(CC(=O)O)[C@@H](CCSC)CN1. The molecule has 1 aliphatic rings. The van der Waals surface area contributed by atoms with Crippen molar-refractivity contribution in [3.05, 3.63) is 0 Å². The van der Waals surface area contributed by atoms with E-state index in [4.69, 9.17) is 0 Å². The first-order valence-electron chi connectivity index (χ1n) is 13.7. The summed E-state index contributed by atoms with van der Waals surface area (Å²) in [5, 5.41) is 33.3. The van der Waals surface area contributed by atoms with Crippen molar-refractivity contribution in [2.24, 2.45) is 0 Å². The molecule has 0 saturated carbocycles. The second-order valence-electron chi connectivity index (χ2n) is 10.2. The second kappa shape index (κ2) is 22.2. The molecular formula is C26H50N4O6S4. The molecule has 0 unspecified atom stereocenters. The molecule has 1 saturated heterocycles. The highest BCUT2D eigenvalue weighted by Gasteiger charge is 2.33. The molecule has 0 radical (unpaired) electrons. The first kappa shape index (κ1) is 37.7. The second-order valence-corrected chi connectivity index (χ2v) is 14.1. The molecule has 14 heteroatoms. The first-order valence-corrected chi connectivity index (χ1v) is 19.3. The maximum Gasteiger partial charge on any atom is 0.317 e. The lowest BCUT2D eigenvalue weighted by Gasteiger charge is -2.43. The molecule has 4 atom stereocenters. The number of thioether (sulfide) groups is 4. The molecule has 1 rings (SSSR count). The molecule has 4 N–H and O–H groups in total. The number of aliphatic carboxylic acids is 3. The van der Waals surface area contributed by atoms with Crippen LogP contribution in [-0.2, 0) is 14.4 Å². The number of carbonyl (C=O) groups is 3. The smallest absolute Gasteiger partial charge is 0.317 e. The Labute approximate surface area is 257 Å². The van der Waals surface area contributed by atoms with Crippen molar-refractivity contribution < 1.29 is 29.7 Å². The zero-order valence-electron chi connectivity index (χ0n) is 24.5. The van der Waals surface area contributed by atoms with Gasteiger partial charge in [0.25, 0.3) is 0 Å². The predicted octanol–water partition coefficient (Wildman–Crippen LogP) is 2.24. The molecular weight excluding hydrogens is 593 g/mol. The summed E-state index contributed by atoms with van der Waals surface area (Å²) >= 11 is 6.86. The number of rotatable bonds is 18. The van der Waals surface area contributed by atoms with Crippen molar-refractivity contribution in [1.29, 1.82) is 0 Å². The van der Waals surface area contributed by atoms with E-state index in [1.54, 1.807) is 47.0 Å². The Morgan fingerprint density at radius 1 is 0.600 bits per heavy atom. The average Bonchev–Trinajstić information content (AvgIpc) is 2.88. The quantitative estimate of drug-likeness (QED) is 0.174. The van der Waals surface area contributed by atoms with Gasteiger partial charge in [0.15, 0.2) is 0 Å². The van der Waals surface area contributed by atoms with E-state index in [2.05, 4.69) is 11.6 Å². The van der Waals surface area contributed by atoms with E-state index in [9.17, 15) is 29.7 Å². The van der Waals surface area contributed by atoms with Gasteiger partial charge in [-0.3, -0.25) is 29.1 Å². The fourth-order valence-corrected chi connectivity index (χ4v) is 7.19. The monoisotopic (exact) mass is 642 g/mol. The summed E-state index contributed by atoms with van der Waals surface area (Å²) in [6, 6.07) is -0.317. The zero-order valence-corrected chi connectivity index (χ0v) is 27.7. The molecule has 0 amide bonds. The maximum atomic E-state index is 12.1. The molecule has 0 aromatic carbocycles. The summed E-state index contributed by atoms with van der Waals surface area (Å²) in [6.45, 7) is 1.63. The molecule has 0 aliphatic carbocycles. The van der Waals surface area contributed by atoms with Crippen molar-refractivity contribution in [2.75, 3.05) is 93.8 Å². The normalized spacial score (nSPS) is 24.3. The predicted molar refractivity (Wildman–Crippen MR) is 173 cm³/mol. The van der Waals surface area contributed by atoms with Crippen LogP contribution in [0.2, 0.25) is 0 Å². The third kappa shape index (κ3) is 15.8. The van der Waals surface area contributed by atoms with E-state index in [1.165, 1.54) is 0 Å². The summed E-state index contributed by atoms with van der Waals surface area (Å²) in [5.41, 5.74) is 0. The number of hydrogen-bond acceptors (Lipinski definition) is 11. The van der Waals surface area contributed by atoms with Gasteiger partial charge in [-0.1, -0.05) is 0 Å². The Hall–Kier alpha value is -0.350.